The number of benzene rings is 2. The Morgan fingerprint density at radius 1 is 1.11 bits per heavy atom. The zero-order chi connectivity index (χ0) is 19.5. The molecule has 0 saturated carbocycles. The minimum Gasteiger partial charge on any atom is -0.392 e. The highest BCUT2D eigenvalue weighted by molar-refractivity contribution is 6.47. The predicted octanol–water partition coefficient (Wildman–Crippen LogP) is 2.41. The number of carbonyl (C=O) groups is 1. The van der Waals surface area contributed by atoms with E-state index in [-0.39, 0.29) is 24.8 Å². The maximum atomic E-state index is 12.8. The van der Waals surface area contributed by atoms with Crippen LogP contribution in [-0.2, 0) is 24.4 Å². The first kappa shape index (κ1) is 17.8. The predicted molar refractivity (Wildman–Crippen MR) is 107 cm³/mol. The van der Waals surface area contributed by atoms with Crippen molar-refractivity contribution in [2.24, 2.45) is 4.99 Å². The van der Waals surface area contributed by atoms with Crippen LogP contribution >= 0.6 is 0 Å². The van der Waals surface area contributed by atoms with Crippen molar-refractivity contribution in [1.29, 1.82) is 0 Å². The molecule has 1 aliphatic heterocycles. The van der Waals surface area contributed by atoms with E-state index in [2.05, 4.69) is 20.3 Å². The van der Waals surface area contributed by atoms with Crippen LogP contribution in [-0.4, -0.2) is 26.6 Å². The summed E-state index contributed by atoms with van der Waals surface area (Å²) < 4.78 is 0. The molecule has 7 heteroatoms. The van der Waals surface area contributed by atoms with Crippen molar-refractivity contribution in [3.05, 3.63) is 77.0 Å². The molecule has 0 aliphatic carbocycles. The smallest absolute Gasteiger partial charge is 0.221 e. The summed E-state index contributed by atoms with van der Waals surface area (Å²) in [7, 11) is 0. The number of carbonyl (C=O) groups excluding carboxylic acids is 1. The van der Waals surface area contributed by atoms with Crippen molar-refractivity contribution < 1.29 is 9.90 Å². The molecule has 2 heterocycles. The number of nitrogens with two attached hydrogens (primary N) is 1. The number of Topliss-reactive ketones (excluding diaryl/α,β-unsaturated/α-hetero) is 1. The largest absolute Gasteiger partial charge is 0.392 e. The van der Waals surface area contributed by atoms with Gasteiger partial charge < -0.3 is 16.2 Å². The molecule has 0 atom stereocenters. The van der Waals surface area contributed by atoms with Gasteiger partial charge in [0.25, 0.3) is 0 Å². The number of nitrogens with one attached hydrogen (secondary N) is 1. The lowest BCUT2D eigenvalue weighted by atomic mass is 9.98. The monoisotopic (exact) mass is 373 g/mol. The summed E-state index contributed by atoms with van der Waals surface area (Å²) in [6.45, 7) is 0.489. The fourth-order valence-corrected chi connectivity index (χ4v) is 3.12. The summed E-state index contributed by atoms with van der Waals surface area (Å²) in [5.74, 6) is 0.744. The highest BCUT2D eigenvalue weighted by atomic mass is 16.3. The number of rotatable bonds is 6. The maximum absolute atomic E-state index is 12.8. The average molecular weight is 373 g/mol. The number of nitrogen functional groups attached to an aromatic ring is 1. The van der Waals surface area contributed by atoms with E-state index in [1.807, 2.05) is 42.5 Å². The Bertz CT molecular complexity index is 1060. The molecule has 140 valence electrons. The Morgan fingerprint density at radius 3 is 2.64 bits per heavy atom. The number of anilines is 3. The highest BCUT2D eigenvalue weighted by Crippen LogP contribution is 2.25. The third-order valence-corrected chi connectivity index (χ3v) is 4.55. The van der Waals surface area contributed by atoms with Crippen LogP contribution < -0.4 is 11.1 Å². The van der Waals surface area contributed by atoms with E-state index in [4.69, 9.17) is 10.8 Å². The molecular formula is C21H19N5O2. The Hall–Kier alpha value is -3.58. The Labute approximate surface area is 162 Å². The van der Waals surface area contributed by atoms with Gasteiger partial charge in [0.05, 0.1) is 13.2 Å². The number of aliphatic imine (C=N–C) groups is 1. The maximum Gasteiger partial charge on any atom is 0.221 e. The molecule has 1 aromatic heterocycles. The summed E-state index contributed by atoms with van der Waals surface area (Å²) in [4.78, 5) is 25.3. The van der Waals surface area contributed by atoms with E-state index in [0.29, 0.717) is 18.1 Å². The van der Waals surface area contributed by atoms with Crippen LogP contribution in [0.1, 0.15) is 22.3 Å². The van der Waals surface area contributed by atoms with Crippen LogP contribution in [0.15, 0.2) is 59.7 Å². The van der Waals surface area contributed by atoms with E-state index in [1.165, 1.54) is 0 Å². The zero-order valence-electron chi connectivity index (χ0n) is 15.1. The number of ketones is 1. The molecule has 0 spiro atoms. The van der Waals surface area contributed by atoms with Gasteiger partial charge in [-0.2, -0.15) is 4.98 Å². The molecule has 2 aromatic carbocycles. The molecule has 0 bridgehead atoms. The van der Waals surface area contributed by atoms with Crippen LogP contribution in [0.2, 0.25) is 0 Å². The summed E-state index contributed by atoms with van der Waals surface area (Å²) in [5, 5.41) is 12.3. The first-order valence-electron chi connectivity index (χ1n) is 8.87. The van der Waals surface area contributed by atoms with Crippen LogP contribution in [0.5, 0.6) is 0 Å². The molecular weight excluding hydrogens is 354 g/mol. The Balaban J connectivity index is 1.53. The quantitative estimate of drug-likeness (QED) is 0.611. The fourth-order valence-electron chi connectivity index (χ4n) is 3.12. The number of hydrogen-bond donors (Lipinski definition) is 3. The number of nitrogens with zero attached hydrogens (tertiary/aromatic N) is 3. The summed E-state index contributed by atoms with van der Waals surface area (Å²) in [6, 6.07) is 14.9. The lowest BCUT2D eigenvalue weighted by molar-refractivity contribution is -0.112. The number of hydrogen-bond acceptors (Lipinski definition) is 7. The van der Waals surface area contributed by atoms with Gasteiger partial charge in [0, 0.05) is 23.9 Å². The van der Waals surface area contributed by atoms with E-state index in [1.54, 1.807) is 12.3 Å². The average Bonchev–Trinajstić information content (AvgIpc) is 3.12. The molecule has 0 saturated heterocycles. The molecule has 3 aromatic rings. The second-order valence-electron chi connectivity index (χ2n) is 6.54. The summed E-state index contributed by atoms with van der Waals surface area (Å²) in [5.41, 5.74) is 10.5. The molecule has 0 amide bonds. The number of aromatic nitrogens is 2. The molecule has 0 radical (unpaired) electrons. The molecule has 7 nitrogen and oxygen atoms in total. The molecule has 28 heavy (non-hydrogen) atoms. The van der Waals surface area contributed by atoms with Crippen molar-refractivity contribution in [2.75, 3.05) is 11.1 Å². The SMILES string of the molecule is Nc1nccc(Nc2ccc3c(c2)C(C(=O)Cc2ccc(CO)cc2)=NC3)n1. The second-order valence-corrected chi connectivity index (χ2v) is 6.54. The number of aliphatic hydroxyl groups is 1. The molecule has 4 N–H and O–H groups in total. The van der Waals surface area contributed by atoms with Crippen molar-refractivity contribution in [3.63, 3.8) is 0 Å². The third kappa shape index (κ3) is 3.74. The first-order valence-corrected chi connectivity index (χ1v) is 8.87. The Morgan fingerprint density at radius 2 is 1.89 bits per heavy atom. The molecule has 4 rings (SSSR count). The van der Waals surface area contributed by atoms with Gasteiger partial charge in [0.15, 0.2) is 5.78 Å². The van der Waals surface area contributed by atoms with Crippen molar-refractivity contribution in [1.82, 2.24) is 9.97 Å². The van der Waals surface area contributed by atoms with E-state index in [9.17, 15) is 4.79 Å². The first-order chi connectivity index (χ1) is 13.6. The van der Waals surface area contributed by atoms with E-state index in [0.717, 1.165) is 27.9 Å². The summed E-state index contributed by atoms with van der Waals surface area (Å²) in [6.07, 6.45) is 1.85. The normalized spacial score (nSPS) is 12.4. The van der Waals surface area contributed by atoms with Gasteiger partial charge in [-0.1, -0.05) is 30.3 Å². The van der Waals surface area contributed by atoms with Gasteiger partial charge in [-0.25, -0.2) is 4.98 Å². The standard InChI is InChI=1S/C21H19N5O2/c22-21-23-8-7-19(26-21)25-16-6-5-15-11-24-20(17(15)10-16)18(28)9-13-1-3-14(12-27)4-2-13/h1-8,10,27H,9,11-12H2,(H3,22,23,25,26). The van der Waals surface area contributed by atoms with Gasteiger partial charge >= 0.3 is 0 Å². The van der Waals surface area contributed by atoms with Gasteiger partial charge in [-0.3, -0.25) is 9.79 Å². The number of aliphatic hydroxyl groups excluding tert-OH is 1. The van der Waals surface area contributed by atoms with Crippen LogP contribution in [0.4, 0.5) is 17.5 Å². The second kappa shape index (κ2) is 7.58. The van der Waals surface area contributed by atoms with Gasteiger partial charge in [0.2, 0.25) is 5.95 Å². The van der Waals surface area contributed by atoms with Crippen molar-refractivity contribution in [3.8, 4) is 0 Å². The lowest BCUT2D eigenvalue weighted by Crippen LogP contribution is -2.16. The van der Waals surface area contributed by atoms with Crippen molar-refractivity contribution >= 4 is 28.9 Å². The van der Waals surface area contributed by atoms with Crippen LogP contribution in [0.3, 0.4) is 0 Å². The minimum absolute atomic E-state index is 0.0118. The molecule has 1 aliphatic rings. The fraction of sp³-hybridized carbons (Fsp3) is 0.143. The van der Waals surface area contributed by atoms with E-state index < -0.39 is 0 Å². The van der Waals surface area contributed by atoms with E-state index >= 15 is 0 Å². The highest BCUT2D eigenvalue weighted by Gasteiger charge is 2.22. The molecule has 0 fully saturated rings. The molecule has 0 unspecified atom stereocenters. The zero-order valence-corrected chi connectivity index (χ0v) is 15.1. The third-order valence-electron chi connectivity index (χ3n) is 4.55. The minimum atomic E-state index is -0.0288. The van der Waals surface area contributed by atoms with Crippen molar-refractivity contribution in [2.45, 2.75) is 19.6 Å². The Kier molecular flexibility index (Phi) is 4.82. The van der Waals surface area contributed by atoms with Gasteiger partial charge in [0.1, 0.15) is 11.5 Å². The summed E-state index contributed by atoms with van der Waals surface area (Å²) >= 11 is 0. The van der Waals surface area contributed by atoms with Gasteiger partial charge in [-0.05, 0) is 34.9 Å². The topological polar surface area (TPSA) is 113 Å². The van der Waals surface area contributed by atoms with Gasteiger partial charge in [-0.15, -0.1) is 0 Å². The van der Waals surface area contributed by atoms with Crippen LogP contribution in [0, 0.1) is 0 Å². The van der Waals surface area contributed by atoms with Crippen LogP contribution in [0.25, 0.3) is 0 Å². The number of fused-ring (bicyclic) bond motifs is 1. The lowest BCUT2D eigenvalue weighted by Gasteiger charge is -2.09.